The molecule has 106 valence electrons. The lowest BCUT2D eigenvalue weighted by Gasteiger charge is -2.14. The van der Waals surface area contributed by atoms with E-state index in [-0.39, 0.29) is 20.9 Å². The van der Waals surface area contributed by atoms with Crippen LogP contribution in [0.15, 0.2) is 28.2 Å². The molecule has 0 radical (unpaired) electrons. The minimum Gasteiger partial charge on any atom is -0.476 e. The highest BCUT2D eigenvalue weighted by Gasteiger charge is 2.34. The number of nitrogens with zero attached hydrogens (tertiary/aromatic N) is 1. The first kappa shape index (κ1) is 14.8. The molecule has 0 saturated heterocycles. The summed E-state index contributed by atoms with van der Waals surface area (Å²) in [5.41, 5.74) is -0.187. The Kier molecular flexibility index (Phi) is 4.00. The van der Waals surface area contributed by atoms with Gasteiger partial charge in [-0.2, -0.15) is 13.2 Å². The third-order valence-electron chi connectivity index (χ3n) is 2.31. The number of hydrogen-bond donors (Lipinski definition) is 2. The Bertz CT molecular complexity index is 657. The number of carbonyl (C=O) groups is 1. The van der Waals surface area contributed by atoms with Crippen LogP contribution in [0.3, 0.4) is 0 Å². The number of aromatic carboxylic acids is 1. The number of aromatic nitrogens is 1. The summed E-state index contributed by atoms with van der Waals surface area (Å²) in [6.07, 6.45) is -4.56. The number of benzene rings is 1. The lowest BCUT2D eigenvalue weighted by molar-refractivity contribution is -0.137. The van der Waals surface area contributed by atoms with Crippen molar-refractivity contribution >= 4 is 43.9 Å². The van der Waals surface area contributed by atoms with Crippen LogP contribution in [-0.2, 0) is 6.18 Å². The fourth-order valence-electron chi connectivity index (χ4n) is 1.47. The second kappa shape index (κ2) is 5.41. The minimum atomic E-state index is -4.56. The number of alkyl halides is 3. The van der Waals surface area contributed by atoms with E-state index in [2.05, 4.69) is 26.2 Å². The van der Waals surface area contributed by atoms with E-state index in [1.54, 1.807) is 0 Å². The van der Waals surface area contributed by atoms with E-state index in [1.807, 2.05) is 0 Å². The van der Waals surface area contributed by atoms with E-state index < -0.39 is 17.7 Å². The second-order valence-electron chi connectivity index (χ2n) is 3.65. The average molecular weight is 367 g/mol. The van der Waals surface area contributed by atoms with Crippen molar-refractivity contribution in [3.05, 3.63) is 39.4 Å². The number of halogens is 4. The van der Waals surface area contributed by atoms with Crippen molar-refractivity contribution in [3.8, 4) is 0 Å². The summed E-state index contributed by atoms with van der Waals surface area (Å²) in [5, 5.41) is 11.4. The number of nitrogens with one attached hydrogen (secondary N) is 1. The topological polar surface area (TPSA) is 62.2 Å². The van der Waals surface area contributed by atoms with E-state index in [1.165, 1.54) is 17.6 Å². The molecule has 2 N–H and O–H groups in total. The van der Waals surface area contributed by atoms with Gasteiger partial charge in [0.05, 0.1) is 16.8 Å². The zero-order chi connectivity index (χ0) is 14.9. The van der Waals surface area contributed by atoms with Gasteiger partial charge in [-0.1, -0.05) is 15.9 Å². The summed E-state index contributed by atoms with van der Waals surface area (Å²) in [6.45, 7) is 0. The first-order chi connectivity index (χ1) is 9.29. The van der Waals surface area contributed by atoms with Gasteiger partial charge in [0.25, 0.3) is 0 Å². The van der Waals surface area contributed by atoms with Gasteiger partial charge < -0.3 is 10.4 Å². The van der Waals surface area contributed by atoms with Gasteiger partial charge in [-0.05, 0) is 18.2 Å². The Balaban J connectivity index is 2.44. The van der Waals surface area contributed by atoms with E-state index in [0.29, 0.717) is 0 Å². The Hall–Kier alpha value is -1.61. The smallest absolute Gasteiger partial charge is 0.418 e. The Morgan fingerprint density at radius 3 is 2.70 bits per heavy atom. The van der Waals surface area contributed by atoms with Crippen LogP contribution in [0, 0.1) is 0 Å². The van der Waals surface area contributed by atoms with Crippen LogP contribution in [0.25, 0.3) is 0 Å². The summed E-state index contributed by atoms with van der Waals surface area (Å²) < 4.78 is 39.1. The Morgan fingerprint density at radius 1 is 1.40 bits per heavy atom. The van der Waals surface area contributed by atoms with Gasteiger partial charge in [0.2, 0.25) is 0 Å². The lowest BCUT2D eigenvalue weighted by Crippen LogP contribution is -2.09. The van der Waals surface area contributed by atoms with E-state index in [9.17, 15) is 18.0 Å². The van der Waals surface area contributed by atoms with Crippen LogP contribution in [0.2, 0.25) is 0 Å². The fraction of sp³-hybridized carbons (Fsp3) is 0.0909. The zero-order valence-corrected chi connectivity index (χ0v) is 11.9. The molecule has 2 rings (SSSR count). The van der Waals surface area contributed by atoms with Crippen LogP contribution in [-0.4, -0.2) is 16.1 Å². The number of thiazole rings is 1. The number of anilines is 2. The lowest BCUT2D eigenvalue weighted by atomic mass is 10.1. The molecule has 0 atom stereocenters. The molecule has 0 fully saturated rings. The molecular formula is C11H6BrF3N2O2S. The van der Waals surface area contributed by atoms with Crippen molar-refractivity contribution in [1.29, 1.82) is 0 Å². The largest absolute Gasteiger partial charge is 0.476 e. The van der Waals surface area contributed by atoms with E-state index in [0.717, 1.165) is 17.4 Å². The maximum Gasteiger partial charge on any atom is 0.418 e. The molecule has 0 saturated carbocycles. The predicted octanol–water partition coefficient (Wildman–Crippen LogP) is 4.37. The maximum absolute atomic E-state index is 12.9. The normalized spacial score (nSPS) is 11.4. The van der Waals surface area contributed by atoms with Gasteiger partial charge in [0, 0.05) is 4.47 Å². The Labute approximate surface area is 123 Å². The van der Waals surface area contributed by atoms with Gasteiger partial charge in [-0.15, -0.1) is 11.3 Å². The third-order valence-corrected chi connectivity index (χ3v) is 3.54. The number of carboxylic acids is 1. The SMILES string of the molecule is O=C(O)c1ncsc1Nc1ccc(Br)cc1C(F)(F)F. The summed E-state index contributed by atoms with van der Waals surface area (Å²) in [6, 6.07) is 3.57. The second-order valence-corrected chi connectivity index (χ2v) is 5.42. The van der Waals surface area contributed by atoms with Crippen molar-refractivity contribution in [2.75, 3.05) is 5.32 Å². The molecule has 0 bridgehead atoms. The molecule has 0 unspecified atom stereocenters. The predicted molar refractivity (Wildman–Crippen MR) is 71.5 cm³/mol. The summed E-state index contributed by atoms with van der Waals surface area (Å²) in [4.78, 5) is 14.5. The monoisotopic (exact) mass is 366 g/mol. The van der Waals surface area contributed by atoms with Crippen LogP contribution in [0.4, 0.5) is 23.9 Å². The van der Waals surface area contributed by atoms with Crippen molar-refractivity contribution in [2.24, 2.45) is 0 Å². The standard InChI is InChI=1S/C11H6BrF3N2O2S/c12-5-1-2-7(6(3-5)11(13,14)15)17-9-8(10(18)19)16-4-20-9/h1-4,17H,(H,18,19). The van der Waals surface area contributed by atoms with Gasteiger partial charge in [-0.25, -0.2) is 9.78 Å². The number of carboxylic acid groups (broad SMARTS) is 1. The van der Waals surface area contributed by atoms with Crippen molar-refractivity contribution in [2.45, 2.75) is 6.18 Å². The molecule has 2 aromatic rings. The van der Waals surface area contributed by atoms with Gasteiger partial charge >= 0.3 is 12.1 Å². The molecule has 0 aliphatic carbocycles. The molecule has 9 heteroatoms. The Morgan fingerprint density at radius 2 is 2.10 bits per heavy atom. The van der Waals surface area contributed by atoms with Crippen molar-refractivity contribution < 1.29 is 23.1 Å². The molecule has 0 amide bonds. The number of hydrogen-bond acceptors (Lipinski definition) is 4. The highest BCUT2D eigenvalue weighted by Crippen LogP contribution is 2.38. The highest BCUT2D eigenvalue weighted by atomic mass is 79.9. The first-order valence-corrected chi connectivity index (χ1v) is 6.77. The fourth-order valence-corrected chi connectivity index (χ4v) is 2.51. The highest BCUT2D eigenvalue weighted by molar-refractivity contribution is 9.10. The first-order valence-electron chi connectivity index (χ1n) is 5.09. The van der Waals surface area contributed by atoms with E-state index in [4.69, 9.17) is 5.11 Å². The van der Waals surface area contributed by atoms with Crippen LogP contribution in [0.1, 0.15) is 16.1 Å². The summed E-state index contributed by atoms with van der Waals surface area (Å²) in [7, 11) is 0. The maximum atomic E-state index is 12.9. The summed E-state index contributed by atoms with van der Waals surface area (Å²) >= 11 is 3.89. The zero-order valence-electron chi connectivity index (χ0n) is 9.53. The summed E-state index contributed by atoms with van der Waals surface area (Å²) in [5.74, 6) is -1.31. The van der Waals surface area contributed by atoms with Crippen molar-refractivity contribution in [3.63, 3.8) is 0 Å². The molecule has 20 heavy (non-hydrogen) atoms. The minimum absolute atomic E-state index is 0.0466. The molecule has 0 aliphatic rings. The molecular weight excluding hydrogens is 361 g/mol. The van der Waals surface area contributed by atoms with Crippen LogP contribution >= 0.6 is 27.3 Å². The van der Waals surface area contributed by atoms with E-state index >= 15 is 0 Å². The number of rotatable bonds is 3. The van der Waals surface area contributed by atoms with Gasteiger partial charge in [0.1, 0.15) is 5.00 Å². The average Bonchev–Trinajstić information content (AvgIpc) is 2.78. The van der Waals surface area contributed by atoms with Crippen LogP contribution < -0.4 is 5.32 Å². The third kappa shape index (κ3) is 3.10. The molecule has 0 spiro atoms. The van der Waals surface area contributed by atoms with Crippen molar-refractivity contribution in [1.82, 2.24) is 4.98 Å². The molecule has 1 aromatic heterocycles. The van der Waals surface area contributed by atoms with Crippen LogP contribution in [0.5, 0.6) is 0 Å². The molecule has 4 nitrogen and oxygen atoms in total. The molecule has 0 aliphatic heterocycles. The van der Waals surface area contributed by atoms with Gasteiger partial charge in [0.15, 0.2) is 5.69 Å². The molecule has 1 heterocycles. The quantitative estimate of drug-likeness (QED) is 0.846. The molecule has 1 aromatic carbocycles. The van der Waals surface area contributed by atoms with Gasteiger partial charge in [-0.3, -0.25) is 0 Å².